The second kappa shape index (κ2) is 7.11. The van der Waals surface area contributed by atoms with Gasteiger partial charge in [-0.05, 0) is 117 Å². The summed E-state index contributed by atoms with van der Waals surface area (Å²) in [6.07, 6.45) is 9.21. The number of carbonyl (C=O) groups excluding carboxylic acids is 1. The van der Waals surface area contributed by atoms with Crippen molar-refractivity contribution < 1.29 is 14.3 Å². The molecule has 0 saturated heterocycles. The molecule has 1 heterocycles. The van der Waals surface area contributed by atoms with Crippen LogP contribution in [0.4, 0.5) is 4.39 Å². The van der Waals surface area contributed by atoms with Crippen molar-refractivity contribution in [3.8, 4) is 0 Å². The number of benzene rings is 1. The van der Waals surface area contributed by atoms with Gasteiger partial charge in [-0.25, -0.2) is 9.07 Å². The second-order valence-electron chi connectivity index (χ2n) is 13.0. The lowest BCUT2D eigenvalue weighted by atomic mass is 9.48. The maximum Gasteiger partial charge on any atom is 0.158 e. The van der Waals surface area contributed by atoms with Crippen LogP contribution in [0.2, 0.25) is 0 Å². The average molecular weight is 466 g/mol. The largest absolute Gasteiger partial charge is 0.390 e. The first kappa shape index (κ1) is 21.5. The normalized spacial score (nSPS) is 46.9. The Labute approximate surface area is 200 Å². The number of hydrogen-bond acceptors (Lipinski definition) is 4. The molecule has 0 bridgehead atoms. The van der Waals surface area contributed by atoms with Crippen molar-refractivity contribution in [3.05, 3.63) is 24.0 Å². The molecule has 1 aromatic carbocycles. The Balaban J connectivity index is 1.14. The predicted molar refractivity (Wildman–Crippen MR) is 126 cm³/mol. The van der Waals surface area contributed by atoms with E-state index in [0.717, 1.165) is 37.0 Å². The molecule has 0 amide bonds. The number of ketones is 1. The molecule has 6 heteroatoms. The van der Waals surface area contributed by atoms with Crippen LogP contribution in [-0.4, -0.2) is 31.5 Å². The number of rotatable bonds is 3. The fraction of sp³-hybridized carbons (Fsp3) is 0.750. The Morgan fingerprint density at radius 2 is 1.91 bits per heavy atom. The number of carbonyl (C=O) groups is 1. The van der Waals surface area contributed by atoms with E-state index in [2.05, 4.69) is 17.2 Å². The Hall–Kier alpha value is -1.82. The zero-order chi connectivity index (χ0) is 23.4. The molecule has 7 rings (SSSR count). The summed E-state index contributed by atoms with van der Waals surface area (Å²) in [6.45, 7) is 4.64. The summed E-state index contributed by atoms with van der Waals surface area (Å²) >= 11 is 0. The van der Waals surface area contributed by atoms with Crippen LogP contribution in [0.15, 0.2) is 18.2 Å². The van der Waals surface area contributed by atoms with E-state index < -0.39 is 5.60 Å². The molecule has 0 radical (unpaired) electrons. The van der Waals surface area contributed by atoms with Crippen molar-refractivity contribution in [2.24, 2.45) is 52.8 Å². The van der Waals surface area contributed by atoms with E-state index in [-0.39, 0.29) is 29.5 Å². The highest BCUT2D eigenvalue weighted by Gasteiger charge is 2.70. The Morgan fingerprint density at radius 1 is 1.09 bits per heavy atom. The summed E-state index contributed by atoms with van der Waals surface area (Å²) in [5.74, 6) is 4.93. The van der Waals surface area contributed by atoms with Gasteiger partial charge in [0.2, 0.25) is 0 Å². The number of fused-ring (bicyclic) bond motifs is 8. The molecule has 182 valence electrons. The number of hydrogen-bond donors (Lipinski definition) is 1. The minimum absolute atomic E-state index is 0.0838. The predicted octanol–water partition coefficient (Wildman–Crippen LogP) is 5.02. The van der Waals surface area contributed by atoms with Gasteiger partial charge in [-0.15, -0.1) is 5.10 Å². The van der Waals surface area contributed by atoms with Gasteiger partial charge in [0.05, 0.1) is 11.1 Å². The summed E-state index contributed by atoms with van der Waals surface area (Å²) < 4.78 is 15.4. The van der Waals surface area contributed by atoms with Crippen molar-refractivity contribution in [1.82, 2.24) is 15.0 Å². The maximum atomic E-state index is 13.8. The number of Topliss-reactive ketones (excluding diaryl/α,β-unsaturated/α-hetero) is 1. The van der Waals surface area contributed by atoms with E-state index in [4.69, 9.17) is 0 Å². The van der Waals surface area contributed by atoms with E-state index in [1.165, 1.54) is 44.2 Å². The molecular weight excluding hydrogens is 429 g/mol. The fourth-order valence-corrected chi connectivity index (χ4v) is 9.95. The molecule has 1 N–H and O–H groups in total. The van der Waals surface area contributed by atoms with Gasteiger partial charge in [-0.2, -0.15) is 0 Å². The molecule has 5 saturated carbocycles. The molecule has 0 unspecified atom stereocenters. The van der Waals surface area contributed by atoms with E-state index in [1.54, 1.807) is 10.7 Å². The molecule has 10 atom stereocenters. The SMILES string of the molecule is C[C@@]1(O)CC[C@H]2[C@H](CC[C@@H]3[C@@H]2CC[C@@]2(C)[C@H]3[C@@H]3C[C@@H]3[C@@H]2C(=O)Cn2nnc3ccc(F)cc32)C1. The van der Waals surface area contributed by atoms with E-state index in [9.17, 15) is 14.3 Å². The summed E-state index contributed by atoms with van der Waals surface area (Å²) in [5, 5.41) is 19.0. The zero-order valence-electron chi connectivity index (χ0n) is 20.3. The highest BCUT2D eigenvalue weighted by Crippen LogP contribution is 2.74. The Kier molecular flexibility index (Phi) is 4.49. The molecule has 0 spiro atoms. The van der Waals surface area contributed by atoms with Crippen LogP contribution < -0.4 is 0 Å². The third-order valence-electron chi connectivity index (χ3n) is 11.2. The summed E-state index contributed by atoms with van der Waals surface area (Å²) in [5.41, 5.74) is 0.854. The molecule has 5 nitrogen and oxygen atoms in total. The molecular formula is C28H36FN3O2. The highest BCUT2D eigenvalue weighted by atomic mass is 19.1. The molecule has 2 aromatic rings. The number of nitrogens with zero attached hydrogens (tertiary/aromatic N) is 3. The molecule has 0 aliphatic heterocycles. The minimum Gasteiger partial charge on any atom is -0.390 e. The number of halogens is 1. The average Bonchev–Trinajstić information content (AvgIpc) is 3.35. The topological polar surface area (TPSA) is 68.0 Å². The quantitative estimate of drug-likeness (QED) is 0.692. The highest BCUT2D eigenvalue weighted by molar-refractivity contribution is 5.85. The van der Waals surface area contributed by atoms with Gasteiger partial charge in [0.1, 0.15) is 17.9 Å². The lowest BCUT2D eigenvalue weighted by Crippen LogP contribution is -2.52. The third-order valence-corrected chi connectivity index (χ3v) is 11.2. The van der Waals surface area contributed by atoms with Gasteiger partial charge in [0.15, 0.2) is 5.78 Å². The molecule has 1 aromatic heterocycles. The van der Waals surface area contributed by atoms with E-state index >= 15 is 0 Å². The van der Waals surface area contributed by atoms with Gasteiger partial charge in [-0.3, -0.25) is 4.79 Å². The lowest BCUT2D eigenvalue weighted by molar-refractivity contribution is -0.136. The van der Waals surface area contributed by atoms with Crippen molar-refractivity contribution in [1.29, 1.82) is 0 Å². The third kappa shape index (κ3) is 3.02. The Bertz CT molecular complexity index is 1160. The lowest BCUT2D eigenvalue weighted by Gasteiger charge is -2.57. The van der Waals surface area contributed by atoms with Crippen LogP contribution in [0.1, 0.15) is 65.2 Å². The van der Waals surface area contributed by atoms with Gasteiger partial charge < -0.3 is 5.11 Å². The fourth-order valence-electron chi connectivity index (χ4n) is 9.95. The Morgan fingerprint density at radius 3 is 2.76 bits per heavy atom. The van der Waals surface area contributed by atoms with Crippen LogP contribution in [0.25, 0.3) is 11.0 Å². The molecule has 5 aliphatic rings. The second-order valence-corrected chi connectivity index (χ2v) is 13.0. The van der Waals surface area contributed by atoms with E-state index in [1.807, 2.05) is 6.92 Å². The van der Waals surface area contributed by atoms with Gasteiger partial charge in [0.25, 0.3) is 0 Å². The number of aliphatic hydroxyl groups is 1. The summed E-state index contributed by atoms with van der Waals surface area (Å²) in [7, 11) is 0. The zero-order valence-corrected chi connectivity index (χ0v) is 20.3. The van der Waals surface area contributed by atoms with Gasteiger partial charge in [-0.1, -0.05) is 12.1 Å². The maximum absolute atomic E-state index is 13.8. The summed E-state index contributed by atoms with van der Waals surface area (Å²) in [4.78, 5) is 13.8. The first-order valence-corrected chi connectivity index (χ1v) is 13.5. The van der Waals surface area contributed by atoms with Crippen LogP contribution in [0, 0.1) is 58.6 Å². The molecule has 5 fully saturated rings. The van der Waals surface area contributed by atoms with Crippen LogP contribution in [0.5, 0.6) is 0 Å². The van der Waals surface area contributed by atoms with Crippen molar-refractivity contribution >= 4 is 16.8 Å². The monoisotopic (exact) mass is 465 g/mol. The summed E-state index contributed by atoms with van der Waals surface area (Å²) in [6, 6.07) is 4.46. The van der Waals surface area contributed by atoms with Crippen LogP contribution >= 0.6 is 0 Å². The molecule has 34 heavy (non-hydrogen) atoms. The van der Waals surface area contributed by atoms with Gasteiger partial charge in [0, 0.05) is 12.0 Å². The van der Waals surface area contributed by atoms with Crippen molar-refractivity contribution in [2.75, 3.05) is 0 Å². The molecule has 5 aliphatic carbocycles. The van der Waals surface area contributed by atoms with Crippen LogP contribution in [0.3, 0.4) is 0 Å². The standard InChI is InChI=1S/C28H36FN3O2/c1-27(34)9-7-17-15(13-27)3-5-19-18(17)8-10-28(2)25(19)20-12-21(20)26(28)24(33)14-32-23-11-16(29)4-6-22(23)30-31-32/h4,6,11,15,17-21,25-26,34H,3,5,7-10,12-14H2,1-2H3/t15-,17+,18-,19-,20-,21+,25-,26-,27-,28+/m1/s1. The van der Waals surface area contributed by atoms with Gasteiger partial charge >= 0.3 is 0 Å². The first-order valence-electron chi connectivity index (χ1n) is 13.5. The number of aromatic nitrogens is 3. The van der Waals surface area contributed by atoms with Crippen molar-refractivity contribution in [2.45, 2.75) is 77.4 Å². The first-order chi connectivity index (χ1) is 16.2. The van der Waals surface area contributed by atoms with E-state index in [0.29, 0.717) is 34.7 Å². The van der Waals surface area contributed by atoms with Crippen molar-refractivity contribution in [3.63, 3.8) is 0 Å². The van der Waals surface area contributed by atoms with Crippen LogP contribution in [-0.2, 0) is 11.3 Å². The minimum atomic E-state index is -0.474. The smallest absolute Gasteiger partial charge is 0.158 e.